The van der Waals surface area contributed by atoms with E-state index in [0.29, 0.717) is 22.3 Å². The van der Waals surface area contributed by atoms with Crippen LogP contribution < -0.4 is 4.90 Å². The maximum atomic E-state index is 16.0. The van der Waals surface area contributed by atoms with Gasteiger partial charge in [0.2, 0.25) is 0 Å². The molecule has 264 valence electrons. The quantitative estimate of drug-likeness (QED) is 0.129. The second-order valence-corrected chi connectivity index (χ2v) is 14.2. The Kier molecular flexibility index (Phi) is 6.91. The largest absolute Gasteiger partial charge is 0.380 e. The van der Waals surface area contributed by atoms with Gasteiger partial charge in [0.05, 0.1) is 6.04 Å². The predicted octanol–water partition coefficient (Wildman–Crippen LogP) is 13.6. The monoisotopic (exact) mass is 721 g/mol. The van der Waals surface area contributed by atoms with Crippen LogP contribution in [0.1, 0.15) is 22.6 Å². The SMILES string of the molecule is FC1(F)c2c(c3cc(-c4ccc5c(c4)C4C=CC=CC4N5c4ccccc4)ccc3c3ccc(-c4cccc(-c5ccccc5)c4)cc23)C(F)(F)C1(F)F. The summed E-state index contributed by atoms with van der Waals surface area (Å²) >= 11 is 0. The second kappa shape index (κ2) is 11.5. The van der Waals surface area contributed by atoms with Gasteiger partial charge in [-0.15, -0.1) is 0 Å². The van der Waals surface area contributed by atoms with Gasteiger partial charge in [0.25, 0.3) is 0 Å². The van der Waals surface area contributed by atoms with Crippen LogP contribution in [0.15, 0.2) is 164 Å². The third kappa shape index (κ3) is 4.47. The molecule has 7 aromatic rings. The van der Waals surface area contributed by atoms with Crippen LogP contribution >= 0.6 is 0 Å². The Morgan fingerprint density at radius 1 is 0.426 bits per heavy atom. The molecule has 2 atom stereocenters. The smallest absolute Gasteiger partial charge is 0.333 e. The van der Waals surface area contributed by atoms with Gasteiger partial charge >= 0.3 is 17.8 Å². The maximum absolute atomic E-state index is 16.0. The van der Waals surface area contributed by atoms with Crippen molar-refractivity contribution in [3.8, 4) is 33.4 Å². The summed E-state index contributed by atoms with van der Waals surface area (Å²) in [4.78, 5) is 2.25. The molecular formula is C47H29F6N. The molecule has 0 aromatic heterocycles. The van der Waals surface area contributed by atoms with Crippen LogP contribution in [0.5, 0.6) is 0 Å². The zero-order valence-corrected chi connectivity index (χ0v) is 28.5. The average Bonchev–Trinajstić information content (AvgIpc) is 3.59. The zero-order valence-electron chi connectivity index (χ0n) is 28.5. The Balaban J connectivity index is 1.16. The van der Waals surface area contributed by atoms with E-state index in [1.165, 1.54) is 12.1 Å². The maximum Gasteiger partial charge on any atom is 0.380 e. The lowest BCUT2D eigenvalue weighted by molar-refractivity contribution is -0.301. The number of anilines is 2. The van der Waals surface area contributed by atoms with E-state index >= 15 is 26.3 Å². The summed E-state index contributed by atoms with van der Waals surface area (Å²) in [6, 6.07) is 42.1. The molecule has 0 spiro atoms. The third-order valence-electron chi connectivity index (χ3n) is 11.3. The molecule has 1 aliphatic heterocycles. The standard InChI is InChI=1S/C47H29F6N/c48-45(49)43-39-26-31(30-13-9-12-29(24-30)28-10-3-1-4-11-28)18-21-35(39)36-22-19-32(27-40(36)44(43)46(50,51)47(45,52)53)33-20-23-42-38(25-33)37-16-7-8-17-41(37)54(42)34-14-5-2-6-15-34/h1-27,37,41H. The molecule has 2 unspecified atom stereocenters. The number of alkyl halides is 6. The summed E-state index contributed by atoms with van der Waals surface area (Å²) in [5.41, 5.74) is 4.35. The molecule has 3 aliphatic rings. The number of hydrogen-bond acceptors (Lipinski definition) is 1. The van der Waals surface area contributed by atoms with Crippen LogP contribution in [-0.2, 0) is 11.8 Å². The molecule has 54 heavy (non-hydrogen) atoms. The van der Waals surface area contributed by atoms with Crippen molar-refractivity contribution in [2.45, 2.75) is 29.7 Å². The van der Waals surface area contributed by atoms with Gasteiger partial charge in [-0.3, -0.25) is 0 Å². The normalized spacial score (nSPS) is 19.9. The van der Waals surface area contributed by atoms with Gasteiger partial charge in [-0.1, -0.05) is 121 Å². The third-order valence-corrected chi connectivity index (χ3v) is 11.3. The van der Waals surface area contributed by atoms with E-state index in [2.05, 4.69) is 17.1 Å². The van der Waals surface area contributed by atoms with Crippen LogP contribution in [-0.4, -0.2) is 12.0 Å². The van der Waals surface area contributed by atoms with Crippen molar-refractivity contribution in [3.05, 3.63) is 181 Å². The number of para-hydroxylation sites is 1. The highest BCUT2D eigenvalue weighted by molar-refractivity contribution is 6.13. The number of hydrogen-bond donors (Lipinski definition) is 0. The van der Waals surface area contributed by atoms with Gasteiger partial charge in [-0.25, -0.2) is 0 Å². The van der Waals surface area contributed by atoms with Crippen molar-refractivity contribution in [2.75, 3.05) is 4.90 Å². The molecule has 0 saturated carbocycles. The predicted molar refractivity (Wildman–Crippen MR) is 204 cm³/mol. The lowest BCUT2D eigenvalue weighted by atomic mass is 9.87. The van der Waals surface area contributed by atoms with Crippen molar-refractivity contribution < 1.29 is 26.3 Å². The minimum atomic E-state index is -5.65. The van der Waals surface area contributed by atoms with Gasteiger partial charge in [-0.2, -0.15) is 26.3 Å². The molecule has 0 bridgehead atoms. The fourth-order valence-electron chi connectivity index (χ4n) is 8.68. The Morgan fingerprint density at radius 3 is 1.56 bits per heavy atom. The lowest BCUT2D eigenvalue weighted by Gasteiger charge is -2.28. The van der Waals surface area contributed by atoms with Crippen molar-refractivity contribution in [3.63, 3.8) is 0 Å². The number of fused-ring (bicyclic) bond motifs is 9. The van der Waals surface area contributed by atoms with Crippen molar-refractivity contribution in [2.24, 2.45) is 0 Å². The summed E-state index contributed by atoms with van der Waals surface area (Å²) in [5, 5.41) is -0.250. The molecule has 0 saturated heterocycles. The summed E-state index contributed by atoms with van der Waals surface area (Å²) < 4.78 is 94.7. The Bertz CT molecular complexity index is 2720. The van der Waals surface area contributed by atoms with Crippen molar-refractivity contribution in [1.29, 1.82) is 0 Å². The highest BCUT2D eigenvalue weighted by Gasteiger charge is 2.80. The Morgan fingerprint density at radius 2 is 0.926 bits per heavy atom. The van der Waals surface area contributed by atoms with E-state index in [1.54, 1.807) is 30.3 Å². The Hall–Kier alpha value is -6.08. The van der Waals surface area contributed by atoms with E-state index in [1.807, 2.05) is 109 Å². The number of allylic oxidation sites excluding steroid dienone is 2. The van der Waals surface area contributed by atoms with Gasteiger partial charge in [0.1, 0.15) is 0 Å². The van der Waals surface area contributed by atoms with Gasteiger partial charge < -0.3 is 4.90 Å². The zero-order chi connectivity index (χ0) is 37.0. The molecule has 0 radical (unpaired) electrons. The summed E-state index contributed by atoms with van der Waals surface area (Å²) in [6.07, 6.45) is 8.25. The summed E-state index contributed by atoms with van der Waals surface area (Å²) in [7, 11) is 0. The number of nitrogens with zero attached hydrogens (tertiary/aromatic N) is 1. The van der Waals surface area contributed by atoms with Gasteiger partial charge in [0, 0.05) is 28.4 Å². The fraction of sp³-hybridized carbons (Fsp3) is 0.106. The van der Waals surface area contributed by atoms with E-state index < -0.39 is 28.9 Å². The average molecular weight is 722 g/mol. The first kappa shape index (κ1) is 32.6. The number of halogens is 6. The van der Waals surface area contributed by atoms with E-state index in [0.717, 1.165) is 28.1 Å². The Labute approximate surface area is 307 Å². The van der Waals surface area contributed by atoms with E-state index in [-0.39, 0.29) is 33.5 Å². The van der Waals surface area contributed by atoms with E-state index in [9.17, 15) is 0 Å². The van der Waals surface area contributed by atoms with Gasteiger partial charge in [-0.05, 0) is 103 Å². The van der Waals surface area contributed by atoms with Crippen molar-refractivity contribution >= 4 is 32.9 Å². The van der Waals surface area contributed by atoms with Crippen LogP contribution in [0.2, 0.25) is 0 Å². The van der Waals surface area contributed by atoms with Crippen LogP contribution in [0, 0.1) is 0 Å². The second-order valence-electron chi connectivity index (χ2n) is 14.2. The first-order valence-corrected chi connectivity index (χ1v) is 17.7. The molecule has 1 heterocycles. The highest BCUT2D eigenvalue weighted by atomic mass is 19.3. The molecule has 1 nitrogen and oxygen atoms in total. The number of benzene rings is 7. The van der Waals surface area contributed by atoms with Crippen LogP contribution in [0.3, 0.4) is 0 Å². The van der Waals surface area contributed by atoms with Crippen molar-refractivity contribution in [1.82, 2.24) is 0 Å². The molecular weight excluding hydrogens is 693 g/mol. The topological polar surface area (TPSA) is 3.24 Å². The summed E-state index contributed by atoms with van der Waals surface area (Å²) in [6.45, 7) is 0. The summed E-state index contributed by atoms with van der Waals surface area (Å²) in [5.74, 6) is -15.9. The number of rotatable bonds is 4. The van der Waals surface area contributed by atoms with Gasteiger partial charge in [0.15, 0.2) is 0 Å². The fourth-order valence-corrected chi connectivity index (χ4v) is 8.68. The lowest BCUT2D eigenvalue weighted by Crippen LogP contribution is -2.43. The van der Waals surface area contributed by atoms with E-state index in [4.69, 9.17) is 0 Å². The molecule has 0 N–H and O–H groups in total. The van der Waals surface area contributed by atoms with Crippen LogP contribution in [0.25, 0.3) is 54.9 Å². The highest BCUT2D eigenvalue weighted by Crippen LogP contribution is 2.66. The molecule has 0 amide bonds. The molecule has 10 rings (SSSR count). The molecule has 7 aromatic carbocycles. The minimum Gasteiger partial charge on any atom is -0.333 e. The first-order chi connectivity index (χ1) is 26.1. The first-order valence-electron chi connectivity index (χ1n) is 17.7. The molecule has 0 fully saturated rings. The van der Waals surface area contributed by atoms with Crippen LogP contribution in [0.4, 0.5) is 37.7 Å². The minimum absolute atomic E-state index is 0.00287. The molecule has 7 heteroatoms. The molecule has 2 aliphatic carbocycles.